The Morgan fingerprint density at radius 3 is 2.06 bits per heavy atom. The molecule has 18 heavy (non-hydrogen) atoms. The molecule has 8 nitrogen and oxygen atoms in total. The average molecular weight is 264 g/mol. The van der Waals surface area contributed by atoms with Gasteiger partial charge >= 0.3 is 11.9 Å². The highest BCUT2D eigenvalue weighted by molar-refractivity contribution is 5.67. The van der Waals surface area contributed by atoms with Crippen LogP contribution >= 0.6 is 0 Å². The van der Waals surface area contributed by atoms with Crippen LogP contribution in [0.25, 0.3) is 0 Å². The van der Waals surface area contributed by atoms with E-state index in [1.165, 1.54) is 0 Å². The largest absolute Gasteiger partial charge is 0.455 e. The van der Waals surface area contributed by atoms with Crippen LogP contribution in [0.15, 0.2) is 0 Å². The molecule has 8 heteroatoms. The summed E-state index contributed by atoms with van der Waals surface area (Å²) in [5.41, 5.74) is 0. The Morgan fingerprint density at radius 1 is 1.11 bits per heavy atom. The summed E-state index contributed by atoms with van der Waals surface area (Å²) >= 11 is 0. The number of ether oxygens (including phenoxy) is 3. The first kappa shape index (κ1) is 14.8. The van der Waals surface area contributed by atoms with Gasteiger partial charge in [0.1, 0.15) is 12.2 Å². The molecule has 1 aliphatic heterocycles. The van der Waals surface area contributed by atoms with Crippen molar-refractivity contribution in [3.63, 3.8) is 0 Å². The monoisotopic (exact) mass is 264 g/mol. The molecule has 0 aromatic rings. The molecule has 1 aliphatic rings. The van der Waals surface area contributed by atoms with Gasteiger partial charge in [0.15, 0.2) is 18.5 Å². The van der Waals surface area contributed by atoms with E-state index in [1.807, 2.05) is 0 Å². The van der Waals surface area contributed by atoms with Crippen molar-refractivity contribution >= 4 is 11.9 Å². The average Bonchev–Trinajstić information content (AvgIpc) is 2.27. The fraction of sp³-hybridized carbons (Fsp3) is 0.800. The Bertz CT molecular complexity index is 317. The third-order valence-electron chi connectivity index (χ3n) is 2.42. The lowest BCUT2D eigenvalue weighted by atomic mass is 9.99. The number of carbonyl (C=O) groups excluding carboxylic acids is 2. The van der Waals surface area contributed by atoms with Crippen LogP contribution in [0.4, 0.5) is 0 Å². The van der Waals surface area contributed by atoms with Crippen LogP contribution in [-0.2, 0) is 23.8 Å². The minimum absolute atomic E-state index is 0.581. The molecule has 104 valence electrons. The lowest BCUT2D eigenvalue weighted by molar-refractivity contribution is -0.293. The van der Waals surface area contributed by atoms with Gasteiger partial charge in [0.25, 0.3) is 0 Å². The van der Waals surface area contributed by atoms with Crippen LogP contribution in [0, 0.1) is 0 Å². The van der Waals surface area contributed by atoms with E-state index >= 15 is 0 Å². The van der Waals surface area contributed by atoms with Crippen LogP contribution in [0.5, 0.6) is 0 Å². The van der Waals surface area contributed by atoms with Crippen molar-refractivity contribution in [3.8, 4) is 0 Å². The van der Waals surface area contributed by atoms with Gasteiger partial charge in [-0.3, -0.25) is 9.59 Å². The fourth-order valence-corrected chi connectivity index (χ4v) is 1.70. The summed E-state index contributed by atoms with van der Waals surface area (Å²) in [6.45, 7) is 1.62. The standard InChI is InChI=1S/C10H16O8/c1-4(12)16-8-7(14)6(3-11)18-10(15)9(8)17-5(2)13/h6-11,14-15H,3H2,1-2H3/t6-,7-,8+,9-,10+/m1/s1. The van der Waals surface area contributed by atoms with E-state index in [0.29, 0.717) is 0 Å². The quantitative estimate of drug-likeness (QED) is 0.496. The van der Waals surface area contributed by atoms with Crippen LogP contribution in [0.1, 0.15) is 13.8 Å². The van der Waals surface area contributed by atoms with Crippen molar-refractivity contribution in [1.29, 1.82) is 0 Å². The van der Waals surface area contributed by atoms with E-state index in [-0.39, 0.29) is 0 Å². The molecular weight excluding hydrogens is 248 g/mol. The second kappa shape index (κ2) is 6.10. The van der Waals surface area contributed by atoms with Gasteiger partial charge in [-0.1, -0.05) is 0 Å². The normalized spacial score (nSPS) is 35.9. The number of aliphatic hydroxyl groups is 3. The lowest BCUT2D eigenvalue weighted by Crippen LogP contribution is -2.60. The number of aliphatic hydroxyl groups excluding tert-OH is 3. The molecule has 0 radical (unpaired) electrons. The molecule has 0 aromatic carbocycles. The zero-order valence-electron chi connectivity index (χ0n) is 9.98. The van der Waals surface area contributed by atoms with E-state index in [9.17, 15) is 19.8 Å². The van der Waals surface area contributed by atoms with Gasteiger partial charge in [-0.2, -0.15) is 0 Å². The molecule has 5 atom stereocenters. The second-order valence-electron chi connectivity index (χ2n) is 3.89. The maximum atomic E-state index is 10.9. The Morgan fingerprint density at radius 2 is 1.61 bits per heavy atom. The van der Waals surface area contributed by atoms with Gasteiger partial charge in [-0.05, 0) is 0 Å². The molecule has 0 aliphatic carbocycles. The summed E-state index contributed by atoms with van der Waals surface area (Å²) < 4.78 is 14.4. The molecule has 0 aromatic heterocycles. The van der Waals surface area contributed by atoms with E-state index in [2.05, 4.69) is 0 Å². The first-order valence-electron chi connectivity index (χ1n) is 5.33. The molecule has 3 N–H and O–H groups in total. The highest BCUT2D eigenvalue weighted by Gasteiger charge is 2.48. The molecule has 1 heterocycles. The number of hydrogen-bond donors (Lipinski definition) is 3. The van der Waals surface area contributed by atoms with Gasteiger partial charge < -0.3 is 29.5 Å². The van der Waals surface area contributed by atoms with Crippen molar-refractivity contribution < 1.29 is 39.1 Å². The lowest BCUT2D eigenvalue weighted by Gasteiger charge is -2.40. The number of esters is 2. The minimum atomic E-state index is -1.60. The van der Waals surface area contributed by atoms with Crippen molar-refractivity contribution in [2.45, 2.75) is 44.6 Å². The maximum Gasteiger partial charge on any atom is 0.303 e. The van der Waals surface area contributed by atoms with Crippen molar-refractivity contribution in [1.82, 2.24) is 0 Å². The van der Waals surface area contributed by atoms with E-state index < -0.39 is 49.3 Å². The van der Waals surface area contributed by atoms with Crippen molar-refractivity contribution in [2.75, 3.05) is 6.61 Å². The predicted molar refractivity (Wildman–Crippen MR) is 55.1 cm³/mol. The van der Waals surface area contributed by atoms with Crippen molar-refractivity contribution in [2.24, 2.45) is 0 Å². The first-order chi connectivity index (χ1) is 8.36. The Balaban J connectivity index is 2.89. The summed E-state index contributed by atoms with van der Waals surface area (Å²) in [4.78, 5) is 21.8. The van der Waals surface area contributed by atoms with Crippen LogP contribution in [-0.4, -0.2) is 64.6 Å². The van der Waals surface area contributed by atoms with Gasteiger partial charge in [0.2, 0.25) is 0 Å². The zero-order chi connectivity index (χ0) is 13.9. The topological polar surface area (TPSA) is 123 Å². The molecule has 0 saturated carbocycles. The Kier molecular flexibility index (Phi) is 5.03. The number of rotatable bonds is 3. The smallest absolute Gasteiger partial charge is 0.303 e. The molecular formula is C10H16O8. The molecule has 0 spiro atoms. The van der Waals surface area contributed by atoms with Crippen molar-refractivity contribution in [3.05, 3.63) is 0 Å². The Hall–Kier alpha value is -1.22. The third kappa shape index (κ3) is 3.39. The van der Waals surface area contributed by atoms with Crippen LogP contribution < -0.4 is 0 Å². The van der Waals surface area contributed by atoms with Crippen LogP contribution in [0.3, 0.4) is 0 Å². The highest BCUT2D eigenvalue weighted by Crippen LogP contribution is 2.24. The zero-order valence-corrected chi connectivity index (χ0v) is 9.98. The predicted octanol–water partition coefficient (Wildman–Crippen LogP) is -2.08. The number of carbonyl (C=O) groups is 2. The van der Waals surface area contributed by atoms with Gasteiger partial charge in [-0.25, -0.2) is 0 Å². The van der Waals surface area contributed by atoms with Crippen LogP contribution in [0.2, 0.25) is 0 Å². The van der Waals surface area contributed by atoms with E-state index in [1.54, 1.807) is 0 Å². The summed E-state index contributed by atoms with van der Waals surface area (Å²) in [6.07, 6.45) is -6.78. The molecule has 1 saturated heterocycles. The first-order valence-corrected chi connectivity index (χ1v) is 5.33. The summed E-state index contributed by atoms with van der Waals surface area (Å²) in [6, 6.07) is 0. The second-order valence-corrected chi connectivity index (χ2v) is 3.89. The number of hydrogen-bond acceptors (Lipinski definition) is 8. The SMILES string of the molecule is CC(=O)O[C@@H]1[C@@H](OC(C)=O)[C@H](O)[C@@H](CO)O[C@@H]1O. The molecule has 0 unspecified atom stereocenters. The highest BCUT2D eigenvalue weighted by atomic mass is 16.7. The third-order valence-corrected chi connectivity index (χ3v) is 2.42. The molecule has 0 amide bonds. The van der Waals surface area contributed by atoms with Gasteiger partial charge in [0, 0.05) is 13.8 Å². The summed E-state index contributed by atoms with van der Waals surface area (Å²) in [7, 11) is 0. The minimum Gasteiger partial charge on any atom is -0.455 e. The van der Waals surface area contributed by atoms with Gasteiger partial charge in [-0.15, -0.1) is 0 Å². The van der Waals surface area contributed by atoms with Gasteiger partial charge in [0.05, 0.1) is 6.61 Å². The molecule has 1 rings (SSSR count). The van der Waals surface area contributed by atoms with E-state index in [0.717, 1.165) is 13.8 Å². The fourth-order valence-electron chi connectivity index (χ4n) is 1.70. The maximum absolute atomic E-state index is 10.9. The summed E-state index contributed by atoms with van der Waals surface area (Å²) in [5, 5.41) is 28.4. The Labute approximate surface area is 103 Å². The molecule has 0 bridgehead atoms. The van der Waals surface area contributed by atoms with E-state index in [4.69, 9.17) is 19.3 Å². The molecule has 1 fully saturated rings. The summed E-state index contributed by atoms with van der Waals surface area (Å²) in [5.74, 6) is -1.45.